The number of ether oxygens (including phenoxy) is 2. The van der Waals surface area contributed by atoms with Crippen LogP contribution in [0, 0.1) is 13.8 Å². The van der Waals surface area contributed by atoms with Crippen LogP contribution in [0.2, 0.25) is 5.02 Å². The van der Waals surface area contributed by atoms with Crippen LogP contribution in [-0.2, 0) is 4.79 Å². The average molecular weight is 464 g/mol. The van der Waals surface area contributed by atoms with E-state index in [1.807, 2.05) is 13.8 Å². The molecule has 31 heavy (non-hydrogen) atoms. The number of para-hydroxylation sites is 1. The molecule has 0 saturated carbocycles. The van der Waals surface area contributed by atoms with Gasteiger partial charge in [0.25, 0.3) is 11.8 Å². The summed E-state index contributed by atoms with van der Waals surface area (Å²) in [5, 5.41) is 3.12. The first kappa shape index (κ1) is 24.4. The number of halogens is 1. The highest BCUT2D eigenvalue weighted by Crippen LogP contribution is 2.25. The third kappa shape index (κ3) is 7.73. The molecule has 2 amide bonds. The molecule has 0 aliphatic rings. The molecule has 0 radical (unpaired) electrons. The fraction of sp³-hybridized carbons (Fsp3) is 0.318. The van der Waals surface area contributed by atoms with Crippen molar-refractivity contribution in [3.8, 4) is 11.5 Å². The topological polar surface area (TPSA) is 88.7 Å². The number of carbonyl (C=O) groups excluding carboxylic acids is 2. The third-order valence-electron chi connectivity index (χ3n) is 4.21. The van der Waals surface area contributed by atoms with Crippen LogP contribution in [0.4, 0.5) is 0 Å². The molecule has 2 aromatic carbocycles. The minimum atomic E-state index is -0.467. The Morgan fingerprint density at radius 3 is 2.42 bits per heavy atom. The van der Waals surface area contributed by atoms with Crippen LogP contribution in [0.15, 0.2) is 36.4 Å². The first-order valence-electron chi connectivity index (χ1n) is 9.83. The van der Waals surface area contributed by atoms with Crippen molar-refractivity contribution in [1.29, 1.82) is 0 Å². The Hall–Kier alpha value is -2.84. The van der Waals surface area contributed by atoms with Crippen LogP contribution < -0.4 is 25.6 Å². The first-order valence-corrected chi connectivity index (χ1v) is 10.6. The van der Waals surface area contributed by atoms with Gasteiger partial charge in [-0.1, -0.05) is 37.1 Å². The lowest BCUT2D eigenvalue weighted by Crippen LogP contribution is -2.49. The van der Waals surface area contributed by atoms with Crippen LogP contribution in [0.5, 0.6) is 11.5 Å². The number of hydrogen-bond acceptors (Lipinski definition) is 5. The van der Waals surface area contributed by atoms with E-state index < -0.39 is 11.8 Å². The van der Waals surface area contributed by atoms with E-state index in [1.165, 1.54) is 0 Å². The summed E-state index contributed by atoms with van der Waals surface area (Å²) < 4.78 is 11.1. The van der Waals surface area contributed by atoms with Crippen molar-refractivity contribution in [3.63, 3.8) is 0 Å². The Labute approximate surface area is 192 Å². The molecule has 0 aromatic heterocycles. The SMILES string of the molecule is CCCCOc1ccccc1C(=O)NC(=S)NNC(=O)COc1cc(C)c(Cl)c(C)c1. The van der Waals surface area contributed by atoms with Gasteiger partial charge in [0.2, 0.25) is 0 Å². The molecule has 166 valence electrons. The largest absolute Gasteiger partial charge is 0.493 e. The van der Waals surface area contributed by atoms with Gasteiger partial charge in [-0.15, -0.1) is 0 Å². The summed E-state index contributed by atoms with van der Waals surface area (Å²) in [6, 6.07) is 10.4. The summed E-state index contributed by atoms with van der Waals surface area (Å²) in [5.41, 5.74) is 6.93. The van der Waals surface area contributed by atoms with Crippen molar-refractivity contribution in [3.05, 3.63) is 58.1 Å². The van der Waals surface area contributed by atoms with Crippen LogP contribution >= 0.6 is 23.8 Å². The Balaban J connectivity index is 1.81. The van der Waals surface area contributed by atoms with Crippen LogP contribution in [0.1, 0.15) is 41.3 Å². The molecule has 0 atom stereocenters. The molecular weight excluding hydrogens is 438 g/mol. The Bertz CT molecular complexity index is 929. The molecule has 0 bridgehead atoms. The monoisotopic (exact) mass is 463 g/mol. The molecule has 2 aromatic rings. The van der Waals surface area contributed by atoms with E-state index in [2.05, 4.69) is 23.1 Å². The van der Waals surface area contributed by atoms with Gasteiger partial charge in [0.05, 0.1) is 12.2 Å². The molecule has 0 spiro atoms. The van der Waals surface area contributed by atoms with Gasteiger partial charge in [0.1, 0.15) is 11.5 Å². The summed E-state index contributed by atoms with van der Waals surface area (Å²) in [6.45, 7) is 6.06. The van der Waals surface area contributed by atoms with Crippen LogP contribution in [-0.4, -0.2) is 30.1 Å². The maximum absolute atomic E-state index is 12.5. The number of carbonyl (C=O) groups is 2. The van der Waals surface area contributed by atoms with Gasteiger partial charge in [0, 0.05) is 5.02 Å². The van der Waals surface area contributed by atoms with Gasteiger partial charge < -0.3 is 9.47 Å². The van der Waals surface area contributed by atoms with Gasteiger partial charge >= 0.3 is 0 Å². The van der Waals surface area contributed by atoms with E-state index in [4.69, 9.17) is 33.3 Å². The molecule has 3 N–H and O–H groups in total. The average Bonchev–Trinajstić information content (AvgIpc) is 2.75. The lowest BCUT2D eigenvalue weighted by atomic mass is 10.1. The Kier molecular flexibility index (Phi) is 9.55. The van der Waals surface area contributed by atoms with Gasteiger partial charge in [-0.2, -0.15) is 0 Å². The fourth-order valence-electron chi connectivity index (χ4n) is 2.61. The zero-order chi connectivity index (χ0) is 22.8. The van der Waals surface area contributed by atoms with E-state index in [-0.39, 0.29) is 11.7 Å². The smallest absolute Gasteiger partial charge is 0.276 e. The van der Waals surface area contributed by atoms with E-state index in [9.17, 15) is 9.59 Å². The normalized spacial score (nSPS) is 10.2. The summed E-state index contributed by atoms with van der Waals surface area (Å²) in [4.78, 5) is 24.5. The number of aryl methyl sites for hydroxylation is 2. The van der Waals surface area contributed by atoms with Gasteiger partial charge in [-0.05, 0) is 67.9 Å². The maximum atomic E-state index is 12.5. The summed E-state index contributed by atoms with van der Waals surface area (Å²) in [7, 11) is 0. The van der Waals surface area contributed by atoms with Gasteiger partial charge in [0.15, 0.2) is 11.7 Å². The number of hydrogen-bond donors (Lipinski definition) is 3. The summed E-state index contributed by atoms with van der Waals surface area (Å²) in [5.74, 6) is 0.0970. The predicted molar refractivity (Wildman–Crippen MR) is 125 cm³/mol. The number of thiocarbonyl (C=S) groups is 1. The number of unbranched alkanes of at least 4 members (excludes halogenated alkanes) is 1. The van der Waals surface area contributed by atoms with Gasteiger partial charge in [-0.3, -0.25) is 25.8 Å². The summed E-state index contributed by atoms with van der Waals surface area (Å²) in [6.07, 6.45) is 1.88. The molecule has 7 nitrogen and oxygen atoms in total. The number of benzene rings is 2. The number of hydrazine groups is 1. The van der Waals surface area contributed by atoms with E-state index in [0.29, 0.717) is 28.7 Å². The second kappa shape index (κ2) is 12.1. The lowest BCUT2D eigenvalue weighted by Gasteiger charge is -2.14. The highest BCUT2D eigenvalue weighted by molar-refractivity contribution is 7.80. The highest BCUT2D eigenvalue weighted by Gasteiger charge is 2.14. The van der Waals surface area contributed by atoms with Crippen molar-refractivity contribution in [2.75, 3.05) is 13.2 Å². The van der Waals surface area contributed by atoms with E-state index >= 15 is 0 Å². The van der Waals surface area contributed by atoms with Crippen molar-refractivity contribution >= 4 is 40.7 Å². The minimum Gasteiger partial charge on any atom is -0.493 e. The molecule has 0 aliphatic heterocycles. The second-order valence-electron chi connectivity index (χ2n) is 6.81. The Morgan fingerprint density at radius 2 is 1.74 bits per heavy atom. The number of nitrogens with one attached hydrogen (secondary N) is 3. The Morgan fingerprint density at radius 1 is 1.06 bits per heavy atom. The zero-order valence-corrected chi connectivity index (χ0v) is 19.3. The molecule has 0 unspecified atom stereocenters. The number of rotatable bonds is 8. The van der Waals surface area contributed by atoms with Crippen molar-refractivity contribution in [2.24, 2.45) is 0 Å². The third-order valence-corrected chi connectivity index (χ3v) is 5.01. The van der Waals surface area contributed by atoms with Crippen LogP contribution in [0.3, 0.4) is 0 Å². The molecule has 9 heteroatoms. The van der Waals surface area contributed by atoms with Crippen LogP contribution in [0.25, 0.3) is 0 Å². The lowest BCUT2D eigenvalue weighted by molar-refractivity contribution is -0.123. The molecule has 0 heterocycles. The molecule has 0 aliphatic carbocycles. The molecular formula is C22H26ClN3O4S. The molecule has 0 saturated heterocycles. The van der Waals surface area contributed by atoms with E-state index in [1.54, 1.807) is 36.4 Å². The standard InChI is InChI=1S/C22H26ClN3O4S/c1-4-5-10-29-18-9-7-6-8-17(18)21(28)24-22(31)26-25-19(27)13-30-16-11-14(2)20(23)15(3)12-16/h6-9,11-12H,4-5,10,13H2,1-3H3,(H,25,27)(H2,24,26,28,31). The quantitative estimate of drug-likeness (QED) is 0.313. The minimum absolute atomic E-state index is 0.0557. The second-order valence-corrected chi connectivity index (χ2v) is 7.60. The molecule has 2 rings (SSSR count). The maximum Gasteiger partial charge on any atom is 0.276 e. The van der Waals surface area contributed by atoms with E-state index in [0.717, 1.165) is 24.0 Å². The first-order chi connectivity index (χ1) is 14.8. The summed E-state index contributed by atoms with van der Waals surface area (Å²) >= 11 is 11.2. The highest BCUT2D eigenvalue weighted by atomic mass is 35.5. The molecule has 0 fully saturated rings. The van der Waals surface area contributed by atoms with Gasteiger partial charge in [-0.25, -0.2) is 0 Å². The number of amides is 2. The zero-order valence-electron chi connectivity index (χ0n) is 17.7. The van der Waals surface area contributed by atoms with Crippen molar-refractivity contribution < 1.29 is 19.1 Å². The fourth-order valence-corrected chi connectivity index (χ4v) is 2.86. The predicted octanol–water partition coefficient (Wildman–Crippen LogP) is 3.85. The van der Waals surface area contributed by atoms with Crippen molar-refractivity contribution in [1.82, 2.24) is 16.2 Å². The van der Waals surface area contributed by atoms with Crippen molar-refractivity contribution in [2.45, 2.75) is 33.6 Å².